The van der Waals surface area contributed by atoms with Gasteiger partial charge in [-0.1, -0.05) is 32.9 Å². The fourth-order valence-corrected chi connectivity index (χ4v) is 3.44. The molecule has 0 radical (unpaired) electrons. The van der Waals surface area contributed by atoms with Gasteiger partial charge in [0.15, 0.2) is 0 Å². The van der Waals surface area contributed by atoms with E-state index in [0.29, 0.717) is 30.7 Å². The molecule has 0 spiro atoms. The second-order valence-electron chi connectivity index (χ2n) is 8.32. The van der Waals surface area contributed by atoms with E-state index in [1.165, 1.54) is 4.90 Å². The van der Waals surface area contributed by atoms with Crippen LogP contribution in [0.3, 0.4) is 0 Å². The number of hydrogen-bond acceptors (Lipinski definition) is 7. The summed E-state index contributed by atoms with van der Waals surface area (Å²) < 4.78 is 11.0. The molecule has 1 aliphatic heterocycles. The summed E-state index contributed by atoms with van der Waals surface area (Å²) in [7, 11) is 0. The number of hydrogen-bond donors (Lipinski definition) is 2. The van der Waals surface area contributed by atoms with Crippen LogP contribution in [0.15, 0.2) is 30.5 Å². The van der Waals surface area contributed by atoms with Gasteiger partial charge >= 0.3 is 6.09 Å². The molecule has 1 aromatic carbocycles. The lowest BCUT2D eigenvalue weighted by molar-refractivity contribution is 0.125. The van der Waals surface area contributed by atoms with Crippen molar-refractivity contribution < 1.29 is 19.4 Å². The first-order valence-electron chi connectivity index (χ1n) is 10.8. The Bertz CT molecular complexity index is 905. The van der Waals surface area contributed by atoms with Crippen LogP contribution in [-0.4, -0.2) is 46.5 Å². The van der Waals surface area contributed by atoms with E-state index in [4.69, 9.17) is 9.47 Å². The molecule has 0 unspecified atom stereocenters. The largest absolute Gasteiger partial charge is 0.493 e. The maximum absolute atomic E-state index is 12.2. The van der Waals surface area contributed by atoms with Gasteiger partial charge in [-0.05, 0) is 49.4 Å². The predicted molar refractivity (Wildman–Crippen MR) is 119 cm³/mol. The van der Waals surface area contributed by atoms with Gasteiger partial charge in [0.05, 0.1) is 18.8 Å². The fraction of sp³-hybridized carbons (Fsp3) is 0.522. The number of carbonyl (C=O) groups is 1. The van der Waals surface area contributed by atoms with Gasteiger partial charge in [-0.25, -0.2) is 9.78 Å². The van der Waals surface area contributed by atoms with Crippen LogP contribution < -0.4 is 15.0 Å². The molecule has 1 amide bonds. The summed E-state index contributed by atoms with van der Waals surface area (Å²) in [6, 6.07) is 7.22. The van der Waals surface area contributed by atoms with Gasteiger partial charge in [0.1, 0.15) is 24.2 Å². The summed E-state index contributed by atoms with van der Waals surface area (Å²) in [5.74, 6) is 2.15. The van der Waals surface area contributed by atoms with E-state index in [2.05, 4.69) is 35.2 Å². The molecule has 0 aliphatic carbocycles. The van der Waals surface area contributed by atoms with Crippen LogP contribution in [0.25, 0.3) is 0 Å². The summed E-state index contributed by atoms with van der Waals surface area (Å²) in [4.78, 5) is 22.4. The molecule has 2 N–H and O–H groups in total. The van der Waals surface area contributed by atoms with Crippen molar-refractivity contribution in [2.45, 2.75) is 59.2 Å². The topological polar surface area (TPSA) is 96.8 Å². The van der Waals surface area contributed by atoms with Gasteiger partial charge in [0.2, 0.25) is 5.95 Å². The molecule has 2 heterocycles. The Balaban J connectivity index is 1.73. The number of aryl methyl sites for hydroxylation is 1. The number of aliphatic hydroxyl groups is 1. The van der Waals surface area contributed by atoms with E-state index in [9.17, 15) is 9.90 Å². The fourth-order valence-electron chi connectivity index (χ4n) is 3.44. The van der Waals surface area contributed by atoms with Crippen LogP contribution in [0.4, 0.5) is 16.6 Å². The summed E-state index contributed by atoms with van der Waals surface area (Å²) in [5.41, 5.74) is 2.14. The summed E-state index contributed by atoms with van der Waals surface area (Å²) >= 11 is 0. The lowest BCUT2D eigenvalue weighted by atomic mass is 10.1. The van der Waals surface area contributed by atoms with Crippen molar-refractivity contribution in [1.82, 2.24) is 9.97 Å². The third-order valence-electron chi connectivity index (χ3n) is 5.27. The Hall–Kier alpha value is -2.87. The zero-order chi connectivity index (χ0) is 22.5. The van der Waals surface area contributed by atoms with Gasteiger partial charge in [0.25, 0.3) is 0 Å². The molecule has 1 aliphatic rings. The molecule has 3 rings (SSSR count). The van der Waals surface area contributed by atoms with Crippen molar-refractivity contribution in [3.63, 3.8) is 0 Å². The smallest absolute Gasteiger partial charge is 0.416 e. The molecule has 1 aromatic heterocycles. The highest BCUT2D eigenvalue weighted by Crippen LogP contribution is 2.27. The monoisotopic (exact) mass is 428 g/mol. The molecule has 0 bridgehead atoms. The molecular formula is C23H32N4O4. The Morgan fingerprint density at radius 2 is 2.10 bits per heavy atom. The average molecular weight is 429 g/mol. The maximum Gasteiger partial charge on any atom is 0.416 e. The maximum atomic E-state index is 12.2. The van der Waals surface area contributed by atoms with Crippen LogP contribution in [-0.2, 0) is 4.74 Å². The number of aliphatic hydroxyl groups excluding tert-OH is 1. The highest BCUT2D eigenvalue weighted by Gasteiger charge is 2.39. The van der Waals surface area contributed by atoms with Crippen LogP contribution in [0.1, 0.15) is 51.3 Å². The molecule has 8 heteroatoms. The van der Waals surface area contributed by atoms with Gasteiger partial charge in [-0.2, -0.15) is 4.98 Å². The SMILES string of the molecule is CC[C@@H](O)[C@H]1COC(=O)N1c1ccnc(N[C@@H](C)c2ccc(OCC(C)C)c(C)c2)n1. The number of carbonyl (C=O) groups excluding carboxylic acids is 1. The minimum absolute atomic E-state index is 0.0596. The van der Waals surface area contributed by atoms with Crippen molar-refractivity contribution in [3.8, 4) is 5.75 Å². The first-order chi connectivity index (χ1) is 14.8. The van der Waals surface area contributed by atoms with E-state index in [1.54, 1.807) is 12.3 Å². The van der Waals surface area contributed by atoms with Crippen molar-refractivity contribution in [3.05, 3.63) is 41.6 Å². The summed E-state index contributed by atoms with van der Waals surface area (Å²) in [5, 5.41) is 13.5. The number of anilines is 2. The van der Waals surface area contributed by atoms with Crippen LogP contribution >= 0.6 is 0 Å². The number of aromatic nitrogens is 2. The van der Waals surface area contributed by atoms with E-state index in [0.717, 1.165) is 16.9 Å². The summed E-state index contributed by atoms with van der Waals surface area (Å²) in [6.45, 7) is 11.0. The number of ether oxygens (including phenoxy) is 2. The summed E-state index contributed by atoms with van der Waals surface area (Å²) in [6.07, 6.45) is 0.909. The predicted octanol–water partition coefficient (Wildman–Crippen LogP) is 4.09. The Labute approximate surface area is 183 Å². The van der Waals surface area contributed by atoms with Crippen molar-refractivity contribution >= 4 is 17.9 Å². The highest BCUT2D eigenvalue weighted by molar-refractivity contribution is 5.89. The second kappa shape index (κ2) is 9.96. The highest BCUT2D eigenvalue weighted by atomic mass is 16.6. The minimum atomic E-state index is -0.684. The number of cyclic esters (lactones) is 1. The average Bonchev–Trinajstić information content (AvgIpc) is 3.13. The Morgan fingerprint density at radius 3 is 2.77 bits per heavy atom. The third kappa shape index (κ3) is 5.44. The first-order valence-corrected chi connectivity index (χ1v) is 10.8. The normalized spacial score (nSPS) is 18.1. The van der Waals surface area contributed by atoms with Crippen molar-refractivity contribution in [1.29, 1.82) is 0 Å². The molecule has 1 saturated heterocycles. The molecule has 31 heavy (non-hydrogen) atoms. The van der Waals surface area contributed by atoms with Crippen molar-refractivity contribution in [2.24, 2.45) is 5.92 Å². The molecule has 2 aromatic rings. The lowest BCUT2D eigenvalue weighted by Crippen LogP contribution is -2.42. The van der Waals surface area contributed by atoms with E-state index >= 15 is 0 Å². The van der Waals surface area contributed by atoms with Gasteiger partial charge in [0, 0.05) is 6.20 Å². The zero-order valence-corrected chi connectivity index (χ0v) is 18.8. The first kappa shape index (κ1) is 22.8. The molecule has 8 nitrogen and oxygen atoms in total. The van der Waals surface area contributed by atoms with Crippen LogP contribution in [0.5, 0.6) is 5.75 Å². The van der Waals surface area contributed by atoms with Crippen molar-refractivity contribution in [2.75, 3.05) is 23.4 Å². The lowest BCUT2D eigenvalue weighted by Gasteiger charge is -2.24. The minimum Gasteiger partial charge on any atom is -0.493 e. The third-order valence-corrected chi connectivity index (χ3v) is 5.27. The standard InChI is InChI=1S/C23H32N4O4/c1-6-19(28)18-13-31-23(29)27(18)21-9-10-24-22(26-21)25-16(5)17-7-8-20(15(4)11-17)30-12-14(2)3/h7-11,14,16,18-19,28H,6,12-13H2,1-5H3,(H,24,25,26)/t16-,18+,19+/m0/s1. The molecule has 0 saturated carbocycles. The zero-order valence-electron chi connectivity index (χ0n) is 18.8. The second-order valence-corrected chi connectivity index (χ2v) is 8.32. The molecule has 168 valence electrons. The number of nitrogens with one attached hydrogen (secondary N) is 1. The van der Waals surface area contributed by atoms with Gasteiger partial charge in [-0.3, -0.25) is 4.90 Å². The Morgan fingerprint density at radius 1 is 1.32 bits per heavy atom. The number of amides is 1. The van der Waals surface area contributed by atoms with Crippen LogP contribution in [0.2, 0.25) is 0 Å². The quantitative estimate of drug-likeness (QED) is 0.621. The number of nitrogens with zero attached hydrogens (tertiary/aromatic N) is 3. The van der Waals surface area contributed by atoms with Gasteiger partial charge in [-0.15, -0.1) is 0 Å². The van der Waals surface area contributed by atoms with Gasteiger partial charge < -0.3 is 19.9 Å². The molecule has 3 atom stereocenters. The number of rotatable bonds is 9. The van der Waals surface area contributed by atoms with E-state index in [1.807, 2.05) is 32.9 Å². The van der Waals surface area contributed by atoms with Crippen LogP contribution in [0, 0.1) is 12.8 Å². The number of benzene rings is 1. The van der Waals surface area contributed by atoms with E-state index < -0.39 is 18.2 Å². The van der Waals surface area contributed by atoms with E-state index in [-0.39, 0.29) is 12.6 Å². The molecule has 1 fully saturated rings. The Kier molecular flexibility index (Phi) is 7.33. The molecular weight excluding hydrogens is 396 g/mol.